The summed E-state index contributed by atoms with van der Waals surface area (Å²) in [6, 6.07) is 28.1. The fourth-order valence-electron chi connectivity index (χ4n) is 6.17. The van der Waals surface area contributed by atoms with Gasteiger partial charge in [0.2, 0.25) is 11.8 Å². The molecule has 3 aromatic rings. The molecule has 7 heteroatoms. The zero-order chi connectivity index (χ0) is 31.6. The van der Waals surface area contributed by atoms with Crippen LogP contribution in [0.3, 0.4) is 0 Å². The summed E-state index contributed by atoms with van der Waals surface area (Å²) in [7, 11) is 0. The highest BCUT2D eigenvalue weighted by atomic mass is 16.6. The predicted octanol–water partition coefficient (Wildman–Crippen LogP) is 6.63. The van der Waals surface area contributed by atoms with Crippen LogP contribution in [0.1, 0.15) is 76.0 Å². The molecule has 1 atom stereocenters. The van der Waals surface area contributed by atoms with Crippen molar-refractivity contribution in [1.29, 1.82) is 0 Å². The van der Waals surface area contributed by atoms with E-state index in [1.165, 1.54) is 0 Å². The van der Waals surface area contributed by atoms with Crippen LogP contribution in [0.15, 0.2) is 104 Å². The number of rotatable bonds is 12. The summed E-state index contributed by atoms with van der Waals surface area (Å²) in [4.78, 5) is 40.6. The minimum absolute atomic E-state index is 0.0563. The van der Waals surface area contributed by atoms with Gasteiger partial charge in [0.1, 0.15) is 17.2 Å². The van der Waals surface area contributed by atoms with Crippen LogP contribution in [0.2, 0.25) is 0 Å². The third-order valence-corrected chi connectivity index (χ3v) is 8.22. The molecule has 3 amide bonds. The Balaban J connectivity index is 1.65. The molecule has 7 nitrogen and oxygen atoms in total. The van der Waals surface area contributed by atoms with E-state index in [9.17, 15) is 14.4 Å². The highest BCUT2D eigenvalue weighted by Crippen LogP contribution is 2.41. The molecule has 1 saturated carbocycles. The average Bonchev–Trinajstić information content (AvgIpc) is 3.47. The lowest BCUT2D eigenvalue weighted by molar-refractivity contribution is -0.129. The van der Waals surface area contributed by atoms with Crippen LogP contribution < -0.4 is 16.0 Å². The largest absolute Gasteiger partial charge is 0.444 e. The van der Waals surface area contributed by atoms with Crippen molar-refractivity contribution < 1.29 is 19.1 Å². The fourth-order valence-corrected chi connectivity index (χ4v) is 6.17. The zero-order valence-corrected chi connectivity index (χ0v) is 26.1. The van der Waals surface area contributed by atoms with Gasteiger partial charge in [0.25, 0.3) is 0 Å². The summed E-state index contributed by atoms with van der Waals surface area (Å²) in [5, 5.41) is 9.01. The van der Waals surface area contributed by atoms with Gasteiger partial charge in [0.05, 0.1) is 6.42 Å². The van der Waals surface area contributed by atoms with Crippen molar-refractivity contribution in [2.24, 2.45) is 5.41 Å². The molecule has 3 N–H and O–H groups in total. The van der Waals surface area contributed by atoms with Crippen molar-refractivity contribution in [3.8, 4) is 0 Å². The van der Waals surface area contributed by atoms with Crippen LogP contribution in [0, 0.1) is 5.41 Å². The molecule has 0 radical (unpaired) electrons. The normalized spacial score (nSPS) is 15.1. The molecule has 44 heavy (non-hydrogen) atoms. The molecule has 0 spiro atoms. The Morgan fingerprint density at radius 1 is 0.841 bits per heavy atom. The standard InChI is InChI=1S/C37H45N3O4/c1-5-23-36(24-15-16-25-36)27-38-33(42)31(39-34(43)44-35(2,3)4)26-32(41)40-37(28-17-9-6-10-18-28,29-19-11-7-12-20-29)30-21-13-8-14-22-30/h5-14,17-22,31H,1,15-16,23-27H2,2-4H3,(H,38,42)(H,39,43)(H,40,41)/t31-/m0/s1. The summed E-state index contributed by atoms with van der Waals surface area (Å²) in [5.74, 6) is -0.828. The maximum absolute atomic E-state index is 14.1. The number of allylic oxidation sites excluding steroid dienone is 1. The Kier molecular flexibility index (Phi) is 10.6. The van der Waals surface area contributed by atoms with Gasteiger partial charge in [-0.25, -0.2) is 4.79 Å². The van der Waals surface area contributed by atoms with Crippen molar-refractivity contribution >= 4 is 17.9 Å². The second-order valence-corrected chi connectivity index (χ2v) is 12.7. The van der Waals surface area contributed by atoms with Gasteiger partial charge < -0.3 is 20.7 Å². The van der Waals surface area contributed by atoms with Crippen LogP contribution in [-0.4, -0.2) is 36.1 Å². The molecule has 0 bridgehead atoms. The van der Waals surface area contributed by atoms with E-state index in [-0.39, 0.29) is 11.8 Å². The summed E-state index contributed by atoms with van der Waals surface area (Å²) in [6.07, 6.45) is 5.86. The molecule has 3 aromatic carbocycles. The number of nitrogens with one attached hydrogen (secondary N) is 3. The minimum atomic E-state index is -1.15. The molecule has 4 rings (SSSR count). The first-order valence-corrected chi connectivity index (χ1v) is 15.4. The van der Waals surface area contributed by atoms with Crippen molar-refractivity contribution in [2.45, 2.75) is 76.5 Å². The molecule has 0 unspecified atom stereocenters. The molecule has 0 aromatic heterocycles. The molecule has 1 aliphatic rings. The van der Waals surface area contributed by atoms with Gasteiger partial charge in [0, 0.05) is 6.54 Å². The number of carbonyl (C=O) groups excluding carboxylic acids is 3. The molecule has 0 heterocycles. The van der Waals surface area contributed by atoms with E-state index in [0.717, 1.165) is 48.8 Å². The second-order valence-electron chi connectivity index (χ2n) is 12.7. The van der Waals surface area contributed by atoms with Gasteiger partial charge >= 0.3 is 6.09 Å². The van der Waals surface area contributed by atoms with E-state index in [1.807, 2.05) is 97.1 Å². The smallest absolute Gasteiger partial charge is 0.408 e. The first-order valence-electron chi connectivity index (χ1n) is 15.4. The highest BCUT2D eigenvalue weighted by Gasteiger charge is 2.39. The van der Waals surface area contributed by atoms with E-state index in [0.29, 0.717) is 6.54 Å². The van der Waals surface area contributed by atoms with Gasteiger partial charge in [-0.3, -0.25) is 9.59 Å². The maximum Gasteiger partial charge on any atom is 0.408 e. The highest BCUT2D eigenvalue weighted by molar-refractivity contribution is 5.91. The number of alkyl carbamates (subject to hydrolysis) is 1. The SMILES string of the molecule is C=CCC1(CNC(=O)[C@H](CC(=O)NC(c2ccccc2)(c2ccccc2)c2ccccc2)NC(=O)OC(C)(C)C)CCCC1. The molecule has 1 aliphatic carbocycles. The van der Waals surface area contributed by atoms with E-state index < -0.39 is 35.1 Å². The number of carbonyl (C=O) groups is 3. The van der Waals surface area contributed by atoms with Crippen LogP contribution in [0.25, 0.3) is 0 Å². The number of ether oxygens (including phenoxy) is 1. The minimum Gasteiger partial charge on any atom is -0.444 e. The van der Waals surface area contributed by atoms with Crippen molar-refractivity contribution in [2.75, 3.05) is 6.54 Å². The van der Waals surface area contributed by atoms with Crippen molar-refractivity contribution in [1.82, 2.24) is 16.0 Å². The first-order chi connectivity index (χ1) is 21.1. The van der Waals surface area contributed by atoms with E-state index in [2.05, 4.69) is 22.5 Å². The number of amides is 3. The number of hydrogen-bond donors (Lipinski definition) is 3. The van der Waals surface area contributed by atoms with Crippen molar-refractivity contribution in [3.63, 3.8) is 0 Å². The monoisotopic (exact) mass is 595 g/mol. The summed E-state index contributed by atoms with van der Waals surface area (Å²) in [5.41, 5.74) is 0.706. The maximum atomic E-state index is 14.1. The van der Waals surface area contributed by atoms with Crippen LogP contribution in [0.4, 0.5) is 4.79 Å². The molecular weight excluding hydrogens is 550 g/mol. The Morgan fingerprint density at radius 3 is 1.75 bits per heavy atom. The third kappa shape index (κ3) is 8.16. The van der Waals surface area contributed by atoms with Gasteiger partial charge in [0.15, 0.2) is 0 Å². The first kappa shape index (κ1) is 32.5. The van der Waals surface area contributed by atoms with Crippen LogP contribution in [-0.2, 0) is 19.9 Å². The van der Waals surface area contributed by atoms with Crippen molar-refractivity contribution in [3.05, 3.63) is 120 Å². The van der Waals surface area contributed by atoms with Gasteiger partial charge in [-0.05, 0) is 62.1 Å². The number of hydrogen-bond acceptors (Lipinski definition) is 4. The lowest BCUT2D eigenvalue weighted by atomic mass is 9.77. The predicted molar refractivity (Wildman–Crippen MR) is 174 cm³/mol. The Morgan fingerprint density at radius 2 is 1.32 bits per heavy atom. The van der Waals surface area contributed by atoms with Crippen LogP contribution in [0.5, 0.6) is 0 Å². The van der Waals surface area contributed by atoms with E-state index in [4.69, 9.17) is 4.74 Å². The van der Waals surface area contributed by atoms with Crippen LogP contribution >= 0.6 is 0 Å². The second kappa shape index (κ2) is 14.4. The molecule has 232 valence electrons. The fraction of sp³-hybridized carbons (Fsp3) is 0.378. The quantitative estimate of drug-likeness (QED) is 0.162. The number of benzene rings is 3. The Labute approximate surface area is 261 Å². The summed E-state index contributed by atoms with van der Waals surface area (Å²) >= 11 is 0. The average molecular weight is 596 g/mol. The zero-order valence-electron chi connectivity index (χ0n) is 26.1. The topological polar surface area (TPSA) is 96.5 Å². The molecule has 0 saturated heterocycles. The Bertz CT molecular complexity index is 1300. The van der Waals surface area contributed by atoms with Gasteiger partial charge in [-0.1, -0.05) is 110 Å². The van der Waals surface area contributed by atoms with Gasteiger partial charge in [-0.2, -0.15) is 0 Å². The molecular formula is C37H45N3O4. The molecule has 1 fully saturated rings. The third-order valence-electron chi connectivity index (χ3n) is 8.22. The summed E-state index contributed by atoms with van der Waals surface area (Å²) < 4.78 is 5.47. The lowest BCUT2D eigenvalue weighted by Gasteiger charge is -2.37. The molecule has 0 aliphatic heterocycles. The van der Waals surface area contributed by atoms with E-state index in [1.54, 1.807) is 20.8 Å². The van der Waals surface area contributed by atoms with Gasteiger partial charge in [-0.15, -0.1) is 6.58 Å². The lowest BCUT2D eigenvalue weighted by Crippen LogP contribution is -2.54. The Hall–Kier alpha value is -4.39. The van der Waals surface area contributed by atoms with E-state index >= 15 is 0 Å². The summed E-state index contributed by atoms with van der Waals surface area (Å²) in [6.45, 7) is 9.62.